The lowest BCUT2D eigenvalue weighted by Gasteiger charge is -2.38. The van der Waals surface area contributed by atoms with Crippen molar-refractivity contribution in [3.05, 3.63) is 75.3 Å². The summed E-state index contributed by atoms with van der Waals surface area (Å²) in [5.74, 6) is 0.826. The second-order valence-corrected chi connectivity index (χ2v) is 9.14. The van der Waals surface area contributed by atoms with Crippen LogP contribution in [0.2, 0.25) is 10.0 Å². The first-order chi connectivity index (χ1) is 14.1. The first-order valence-corrected chi connectivity index (χ1v) is 11.2. The van der Waals surface area contributed by atoms with Crippen molar-refractivity contribution in [3.63, 3.8) is 0 Å². The van der Waals surface area contributed by atoms with Gasteiger partial charge in [0.1, 0.15) is 0 Å². The number of halogens is 2. The standard InChI is InChI=1S/C24H24Cl2N2O/c25-16-8-9-19(21(26)14-16)23-18-6-4-5-17(18)20-13-15(7-10-22(20)27-23)24(29)28-11-2-1-3-12-28/h4-5,7-10,13-14,17-18,23,27H,1-3,6,11-12H2/t17-,18-,23-/m1/s1. The van der Waals surface area contributed by atoms with Gasteiger partial charge in [0, 0.05) is 40.3 Å². The van der Waals surface area contributed by atoms with Gasteiger partial charge in [0.15, 0.2) is 0 Å². The average Bonchev–Trinajstić information content (AvgIpc) is 3.23. The molecule has 2 heterocycles. The van der Waals surface area contributed by atoms with Gasteiger partial charge < -0.3 is 10.2 Å². The van der Waals surface area contributed by atoms with Crippen LogP contribution < -0.4 is 5.32 Å². The fourth-order valence-electron chi connectivity index (χ4n) is 5.07. The van der Waals surface area contributed by atoms with Gasteiger partial charge in [-0.3, -0.25) is 4.79 Å². The summed E-state index contributed by atoms with van der Waals surface area (Å²) >= 11 is 12.6. The number of benzene rings is 2. The number of fused-ring (bicyclic) bond motifs is 3. The zero-order valence-electron chi connectivity index (χ0n) is 16.2. The van der Waals surface area contributed by atoms with Crippen LogP contribution in [0, 0.1) is 5.92 Å². The van der Waals surface area contributed by atoms with E-state index in [4.69, 9.17) is 23.2 Å². The van der Waals surface area contributed by atoms with Gasteiger partial charge in [0.2, 0.25) is 0 Å². The minimum atomic E-state index is 0.121. The van der Waals surface area contributed by atoms with E-state index in [9.17, 15) is 4.79 Å². The Labute approximate surface area is 181 Å². The number of nitrogens with one attached hydrogen (secondary N) is 1. The number of nitrogens with zero attached hydrogens (tertiary/aromatic N) is 1. The molecule has 2 aromatic rings. The van der Waals surface area contributed by atoms with Gasteiger partial charge in [0.25, 0.3) is 5.91 Å². The molecule has 1 N–H and O–H groups in total. The first-order valence-electron chi connectivity index (χ1n) is 10.4. The van der Waals surface area contributed by atoms with Gasteiger partial charge >= 0.3 is 0 Å². The van der Waals surface area contributed by atoms with E-state index in [0.717, 1.165) is 49.2 Å². The maximum Gasteiger partial charge on any atom is 0.253 e. The van der Waals surface area contributed by atoms with E-state index in [1.807, 2.05) is 29.2 Å². The predicted octanol–water partition coefficient (Wildman–Crippen LogP) is 6.45. The highest BCUT2D eigenvalue weighted by Gasteiger charge is 2.39. The first kappa shape index (κ1) is 19.0. The van der Waals surface area contributed by atoms with Crippen LogP contribution in [0.1, 0.15) is 59.1 Å². The molecule has 0 unspecified atom stereocenters. The minimum Gasteiger partial charge on any atom is -0.378 e. The Kier molecular flexibility index (Phi) is 5.05. The van der Waals surface area contributed by atoms with Crippen LogP contribution in [0.25, 0.3) is 0 Å². The summed E-state index contributed by atoms with van der Waals surface area (Å²) in [5, 5.41) is 5.04. The molecule has 5 rings (SSSR count). The molecule has 1 amide bonds. The number of carbonyl (C=O) groups excluding carboxylic acids is 1. The number of anilines is 1. The lowest BCUT2D eigenvalue weighted by molar-refractivity contribution is 0.0724. The quantitative estimate of drug-likeness (QED) is 0.559. The molecule has 29 heavy (non-hydrogen) atoms. The van der Waals surface area contributed by atoms with Crippen LogP contribution in [0.15, 0.2) is 48.6 Å². The molecule has 2 aromatic carbocycles. The van der Waals surface area contributed by atoms with E-state index in [0.29, 0.717) is 16.0 Å². The molecule has 150 valence electrons. The molecule has 3 nitrogen and oxygen atoms in total. The third kappa shape index (κ3) is 3.45. The Balaban J connectivity index is 1.48. The molecule has 0 spiro atoms. The van der Waals surface area contributed by atoms with E-state index in [1.54, 1.807) is 0 Å². The molecule has 0 aromatic heterocycles. The van der Waals surface area contributed by atoms with Crippen molar-refractivity contribution in [2.24, 2.45) is 5.92 Å². The minimum absolute atomic E-state index is 0.121. The van der Waals surface area contributed by atoms with E-state index in [-0.39, 0.29) is 17.9 Å². The molecular formula is C24H24Cl2N2O. The topological polar surface area (TPSA) is 32.3 Å². The van der Waals surface area contributed by atoms with Crippen molar-refractivity contribution in [2.75, 3.05) is 18.4 Å². The molecular weight excluding hydrogens is 403 g/mol. The van der Waals surface area contributed by atoms with Crippen LogP contribution >= 0.6 is 23.2 Å². The maximum atomic E-state index is 13.0. The SMILES string of the molecule is O=C(c1ccc2c(c1)[C@@H]1C=CC[C@H]1[C@H](c1ccc(Cl)cc1Cl)N2)N1CCCCC1. The third-order valence-electron chi connectivity index (χ3n) is 6.55. The largest absolute Gasteiger partial charge is 0.378 e. The molecule has 3 aliphatic rings. The van der Waals surface area contributed by atoms with Crippen LogP contribution in [0.4, 0.5) is 5.69 Å². The Morgan fingerprint density at radius 1 is 1.00 bits per heavy atom. The zero-order valence-corrected chi connectivity index (χ0v) is 17.7. The van der Waals surface area contributed by atoms with Crippen molar-refractivity contribution in [3.8, 4) is 0 Å². The number of amides is 1. The Morgan fingerprint density at radius 2 is 1.83 bits per heavy atom. The smallest absolute Gasteiger partial charge is 0.253 e. The van der Waals surface area contributed by atoms with Gasteiger partial charge in [-0.25, -0.2) is 0 Å². The van der Waals surface area contributed by atoms with Crippen molar-refractivity contribution in [2.45, 2.75) is 37.6 Å². The van der Waals surface area contributed by atoms with Gasteiger partial charge in [-0.2, -0.15) is 0 Å². The number of likely N-dealkylation sites (tertiary alicyclic amines) is 1. The molecule has 5 heteroatoms. The van der Waals surface area contributed by atoms with Crippen LogP contribution in [0.5, 0.6) is 0 Å². The van der Waals surface area contributed by atoms with Gasteiger partial charge in [-0.1, -0.05) is 41.4 Å². The summed E-state index contributed by atoms with van der Waals surface area (Å²) in [6.45, 7) is 1.74. The van der Waals surface area contributed by atoms with E-state index < -0.39 is 0 Å². The molecule has 2 aliphatic heterocycles. The Hall–Kier alpha value is -1.97. The average molecular weight is 427 g/mol. The molecule has 0 saturated carbocycles. The third-order valence-corrected chi connectivity index (χ3v) is 7.11. The van der Waals surface area contributed by atoms with Gasteiger partial charge in [-0.15, -0.1) is 0 Å². The Bertz CT molecular complexity index is 981. The van der Waals surface area contributed by atoms with Crippen molar-refractivity contribution in [1.82, 2.24) is 4.90 Å². The lowest BCUT2D eigenvalue weighted by atomic mass is 9.76. The summed E-state index contributed by atoms with van der Waals surface area (Å²) in [7, 11) is 0. The highest BCUT2D eigenvalue weighted by molar-refractivity contribution is 6.35. The van der Waals surface area contributed by atoms with Crippen LogP contribution in [-0.4, -0.2) is 23.9 Å². The van der Waals surface area contributed by atoms with E-state index >= 15 is 0 Å². The predicted molar refractivity (Wildman–Crippen MR) is 119 cm³/mol. The number of rotatable bonds is 2. The maximum absolute atomic E-state index is 13.0. The Morgan fingerprint density at radius 3 is 2.62 bits per heavy atom. The number of hydrogen-bond acceptors (Lipinski definition) is 2. The number of allylic oxidation sites excluding steroid dienone is 2. The normalized spacial score (nSPS) is 25.3. The second-order valence-electron chi connectivity index (χ2n) is 8.30. The molecule has 1 fully saturated rings. The van der Waals surface area contributed by atoms with Gasteiger partial charge in [-0.05, 0) is 73.1 Å². The number of carbonyl (C=O) groups is 1. The summed E-state index contributed by atoms with van der Waals surface area (Å²) in [5.41, 5.74) is 4.18. The summed E-state index contributed by atoms with van der Waals surface area (Å²) < 4.78 is 0. The zero-order chi connectivity index (χ0) is 20.0. The lowest BCUT2D eigenvalue weighted by Crippen LogP contribution is -2.36. The molecule has 0 bridgehead atoms. The van der Waals surface area contributed by atoms with Crippen molar-refractivity contribution < 1.29 is 4.79 Å². The summed E-state index contributed by atoms with van der Waals surface area (Å²) in [6, 6.07) is 12.0. The summed E-state index contributed by atoms with van der Waals surface area (Å²) in [4.78, 5) is 15.0. The summed E-state index contributed by atoms with van der Waals surface area (Å²) in [6.07, 6.45) is 8.97. The van der Waals surface area contributed by atoms with Crippen LogP contribution in [-0.2, 0) is 0 Å². The molecule has 1 aliphatic carbocycles. The van der Waals surface area contributed by atoms with Gasteiger partial charge in [0.05, 0.1) is 6.04 Å². The van der Waals surface area contributed by atoms with Crippen LogP contribution in [0.3, 0.4) is 0 Å². The second kappa shape index (κ2) is 7.70. The molecule has 0 radical (unpaired) electrons. The van der Waals surface area contributed by atoms with E-state index in [2.05, 4.69) is 29.6 Å². The van der Waals surface area contributed by atoms with Crippen molar-refractivity contribution >= 4 is 34.8 Å². The molecule has 3 atom stereocenters. The number of piperidine rings is 1. The highest BCUT2D eigenvalue weighted by Crippen LogP contribution is 2.51. The highest BCUT2D eigenvalue weighted by atomic mass is 35.5. The monoisotopic (exact) mass is 426 g/mol. The molecule has 1 saturated heterocycles. The van der Waals surface area contributed by atoms with Crippen molar-refractivity contribution in [1.29, 1.82) is 0 Å². The van der Waals surface area contributed by atoms with E-state index in [1.165, 1.54) is 12.0 Å². The fourth-order valence-corrected chi connectivity index (χ4v) is 5.59. The number of hydrogen-bond donors (Lipinski definition) is 1. The fraction of sp³-hybridized carbons (Fsp3) is 0.375.